The van der Waals surface area contributed by atoms with E-state index >= 15 is 0 Å². The summed E-state index contributed by atoms with van der Waals surface area (Å²) in [4.78, 5) is 24.0. The van der Waals surface area contributed by atoms with Gasteiger partial charge in [-0.2, -0.15) is 13.2 Å². The number of aromatic nitrogens is 1. The van der Waals surface area contributed by atoms with E-state index in [1.165, 1.54) is 13.8 Å². The normalized spacial score (nSPS) is 12.5. The molecule has 1 aromatic carbocycles. The molecule has 0 aliphatic rings. The number of benzene rings is 1. The minimum Gasteiger partial charge on any atom is -0.449 e. The molecule has 0 radical (unpaired) electrons. The van der Waals surface area contributed by atoms with Gasteiger partial charge < -0.3 is 20.3 Å². The topological polar surface area (TPSA) is 107 Å². The Morgan fingerprint density at radius 3 is 2.36 bits per heavy atom. The SMILES string of the molecule is Cc1noc(N)c1C(=O)O[C@@H](C)C(=O)Nc1ccc(C(F)(F)F)cc1. The molecule has 1 atom stereocenters. The molecule has 10 heteroatoms. The minimum atomic E-state index is -4.47. The van der Waals surface area contributed by atoms with Crippen molar-refractivity contribution in [3.05, 3.63) is 41.1 Å². The van der Waals surface area contributed by atoms with Gasteiger partial charge in [0.1, 0.15) is 5.56 Å². The van der Waals surface area contributed by atoms with Gasteiger partial charge in [0, 0.05) is 5.69 Å². The van der Waals surface area contributed by atoms with Gasteiger partial charge in [-0.15, -0.1) is 0 Å². The molecule has 3 N–H and O–H groups in total. The molecular weight excluding hydrogens is 343 g/mol. The van der Waals surface area contributed by atoms with E-state index in [0.717, 1.165) is 24.3 Å². The lowest BCUT2D eigenvalue weighted by molar-refractivity contribution is -0.137. The molecule has 1 amide bonds. The van der Waals surface area contributed by atoms with Gasteiger partial charge in [-0.25, -0.2) is 4.79 Å². The van der Waals surface area contributed by atoms with Crippen LogP contribution in [0.15, 0.2) is 28.8 Å². The van der Waals surface area contributed by atoms with Crippen LogP contribution in [0.3, 0.4) is 0 Å². The number of hydrogen-bond donors (Lipinski definition) is 2. The van der Waals surface area contributed by atoms with Crippen LogP contribution in [0.2, 0.25) is 0 Å². The number of rotatable bonds is 4. The minimum absolute atomic E-state index is 0.0887. The number of ether oxygens (including phenoxy) is 1. The van der Waals surface area contributed by atoms with E-state index in [1.807, 2.05) is 0 Å². The highest BCUT2D eigenvalue weighted by Crippen LogP contribution is 2.29. The zero-order valence-electron chi connectivity index (χ0n) is 13.2. The fourth-order valence-electron chi connectivity index (χ4n) is 1.89. The van der Waals surface area contributed by atoms with Crippen molar-refractivity contribution in [3.63, 3.8) is 0 Å². The van der Waals surface area contributed by atoms with Crippen molar-refractivity contribution in [2.75, 3.05) is 11.1 Å². The van der Waals surface area contributed by atoms with Gasteiger partial charge in [-0.1, -0.05) is 5.16 Å². The molecular formula is C15H14F3N3O4. The number of halogens is 3. The van der Waals surface area contributed by atoms with E-state index in [4.69, 9.17) is 10.5 Å². The maximum Gasteiger partial charge on any atom is 0.416 e. The van der Waals surface area contributed by atoms with Crippen molar-refractivity contribution in [3.8, 4) is 0 Å². The van der Waals surface area contributed by atoms with E-state index in [-0.39, 0.29) is 22.8 Å². The predicted octanol–water partition coefficient (Wildman–Crippen LogP) is 2.77. The van der Waals surface area contributed by atoms with E-state index in [2.05, 4.69) is 15.0 Å². The number of carbonyl (C=O) groups excluding carboxylic acids is 2. The Kier molecular flexibility index (Phi) is 5.00. The fraction of sp³-hybridized carbons (Fsp3) is 0.267. The van der Waals surface area contributed by atoms with Gasteiger partial charge in [0.25, 0.3) is 5.91 Å². The second-order valence-corrected chi connectivity index (χ2v) is 5.12. The fourth-order valence-corrected chi connectivity index (χ4v) is 1.89. The lowest BCUT2D eigenvalue weighted by Gasteiger charge is -2.14. The first-order valence-corrected chi connectivity index (χ1v) is 7.00. The monoisotopic (exact) mass is 357 g/mol. The van der Waals surface area contributed by atoms with Crippen molar-refractivity contribution in [2.24, 2.45) is 0 Å². The van der Waals surface area contributed by atoms with Gasteiger partial charge in [0.05, 0.1) is 11.3 Å². The number of hydrogen-bond acceptors (Lipinski definition) is 6. The Morgan fingerprint density at radius 2 is 1.88 bits per heavy atom. The molecule has 134 valence electrons. The summed E-state index contributed by atoms with van der Waals surface area (Å²) in [6.45, 7) is 2.78. The summed E-state index contributed by atoms with van der Waals surface area (Å²) in [5.41, 5.74) is 4.84. The lowest BCUT2D eigenvalue weighted by atomic mass is 10.2. The number of aryl methyl sites for hydroxylation is 1. The molecule has 0 spiro atoms. The van der Waals surface area contributed by atoms with Crippen molar-refractivity contribution in [2.45, 2.75) is 26.1 Å². The Hall–Kier alpha value is -3.04. The van der Waals surface area contributed by atoms with Gasteiger partial charge in [0.15, 0.2) is 6.10 Å². The molecule has 1 aromatic heterocycles. The number of nitrogens with two attached hydrogens (primary N) is 1. The summed E-state index contributed by atoms with van der Waals surface area (Å²) >= 11 is 0. The average Bonchev–Trinajstić information content (AvgIpc) is 2.85. The van der Waals surface area contributed by atoms with Crippen molar-refractivity contribution in [1.82, 2.24) is 5.16 Å². The summed E-state index contributed by atoms with van der Waals surface area (Å²) in [7, 11) is 0. The van der Waals surface area contributed by atoms with Crippen LogP contribution in [0.5, 0.6) is 0 Å². The van der Waals surface area contributed by atoms with Gasteiger partial charge in [0.2, 0.25) is 5.88 Å². The average molecular weight is 357 g/mol. The second kappa shape index (κ2) is 6.83. The Morgan fingerprint density at radius 1 is 1.28 bits per heavy atom. The Bertz CT molecular complexity index is 765. The third kappa shape index (κ3) is 4.28. The van der Waals surface area contributed by atoms with Crippen molar-refractivity contribution in [1.29, 1.82) is 0 Å². The van der Waals surface area contributed by atoms with Crippen molar-refractivity contribution >= 4 is 23.4 Å². The van der Waals surface area contributed by atoms with Crippen LogP contribution in [0.4, 0.5) is 24.7 Å². The largest absolute Gasteiger partial charge is 0.449 e. The van der Waals surface area contributed by atoms with Crippen LogP contribution in [-0.2, 0) is 15.7 Å². The summed E-state index contributed by atoms with van der Waals surface area (Å²) in [6.07, 6.45) is -5.69. The van der Waals surface area contributed by atoms with Crippen LogP contribution < -0.4 is 11.1 Å². The van der Waals surface area contributed by atoms with Gasteiger partial charge >= 0.3 is 12.1 Å². The number of nitrogens with zero attached hydrogens (tertiary/aromatic N) is 1. The number of amides is 1. The van der Waals surface area contributed by atoms with Crippen LogP contribution in [0.1, 0.15) is 28.5 Å². The van der Waals surface area contributed by atoms with Crippen LogP contribution >= 0.6 is 0 Å². The standard InChI is InChI=1S/C15H14F3N3O4/c1-7-11(12(19)25-21-7)14(23)24-8(2)13(22)20-10-5-3-9(4-6-10)15(16,17)18/h3-6,8H,19H2,1-2H3,(H,20,22)/t8-/m0/s1. The molecule has 2 aromatic rings. The molecule has 0 saturated heterocycles. The number of anilines is 2. The van der Waals surface area contributed by atoms with Crippen LogP contribution in [-0.4, -0.2) is 23.1 Å². The zero-order valence-corrected chi connectivity index (χ0v) is 13.2. The molecule has 1 heterocycles. The number of carbonyl (C=O) groups is 2. The van der Waals surface area contributed by atoms with E-state index in [1.54, 1.807) is 0 Å². The quantitative estimate of drug-likeness (QED) is 0.815. The van der Waals surface area contributed by atoms with E-state index in [0.29, 0.717) is 0 Å². The molecule has 0 saturated carbocycles. The zero-order chi connectivity index (χ0) is 18.8. The predicted molar refractivity (Wildman–Crippen MR) is 80.6 cm³/mol. The van der Waals surface area contributed by atoms with Gasteiger partial charge in [-0.3, -0.25) is 4.79 Å². The maximum absolute atomic E-state index is 12.5. The second-order valence-electron chi connectivity index (χ2n) is 5.12. The first-order valence-electron chi connectivity index (χ1n) is 7.00. The summed E-state index contributed by atoms with van der Waals surface area (Å²) < 4.78 is 47.0. The van der Waals surface area contributed by atoms with Crippen molar-refractivity contribution < 1.29 is 32.0 Å². The van der Waals surface area contributed by atoms with Gasteiger partial charge in [-0.05, 0) is 38.1 Å². The molecule has 0 unspecified atom stereocenters. The molecule has 0 aliphatic carbocycles. The number of alkyl halides is 3. The highest BCUT2D eigenvalue weighted by molar-refractivity contribution is 5.99. The Labute approximate surface area is 139 Å². The van der Waals surface area contributed by atoms with E-state index in [9.17, 15) is 22.8 Å². The highest BCUT2D eigenvalue weighted by Gasteiger charge is 2.30. The number of esters is 1. The summed E-state index contributed by atoms with van der Waals surface area (Å²) in [6, 6.07) is 3.84. The maximum atomic E-state index is 12.5. The number of nitrogens with one attached hydrogen (secondary N) is 1. The first kappa shape index (κ1) is 18.3. The number of nitrogen functional groups attached to an aromatic ring is 1. The summed E-state index contributed by atoms with van der Waals surface area (Å²) in [5.74, 6) is -1.86. The lowest BCUT2D eigenvalue weighted by Crippen LogP contribution is -2.30. The third-order valence-corrected chi connectivity index (χ3v) is 3.23. The van der Waals surface area contributed by atoms with Crippen LogP contribution in [0, 0.1) is 6.92 Å². The molecule has 0 fully saturated rings. The van der Waals surface area contributed by atoms with E-state index < -0.39 is 29.7 Å². The molecule has 0 aliphatic heterocycles. The molecule has 2 rings (SSSR count). The molecule has 0 bridgehead atoms. The smallest absolute Gasteiger partial charge is 0.416 e. The van der Waals surface area contributed by atoms with Crippen LogP contribution in [0.25, 0.3) is 0 Å². The Balaban J connectivity index is 2.00. The first-order chi connectivity index (χ1) is 11.6. The molecule has 7 nitrogen and oxygen atoms in total. The highest BCUT2D eigenvalue weighted by atomic mass is 19.4. The molecule has 25 heavy (non-hydrogen) atoms. The third-order valence-electron chi connectivity index (χ3n) is 3.23. The summed E-state index contributed by atoms with van der Waals surface area (Å²) in [5, 5.41) is 5.84.